The van der Waals surface area contributed by atoms with Gasteiger partial charge in [0.25, 0.3) is 0 Å². The van der Waals surface area contributed by atoms with Gasteiger partial charge in [0, 0.05) is 22.4 Å². The van der Waals surface area contributed by atoms with Crippen molar-refractivity contribution in [3.8, 4) is 0 Å². The molecule has 1 aromatic heterocycles. The normalized spacial score (nSPS) is 16.0. The van der Waals surface area contributed by atoms with Gasteiger partial charge >= 0.3 is 11.9 Å². The zero-order chi connectivity index (χ0) is 20.5. The number of hydrogen-bond donors (Lipinski definition) is 3. The van der Waals surface area contributed by atoms with Crippen LogP contribution in [-0.4, -0.2) is 39.5 Å². The first-order valence-electron chi connectivity index (χ1n) is 9.36. The predicted molar refractivity (Wildman–Crippen MR) is 111 cm³/mol. The number of carboxylic acids is 2. The molecule has 0 bridgehead atoms. The van der Waals surface area contributed by atoms with E-state index in [1.54, 1.807) is 0 Å². The Kier molecular flexibility index (Phi) is 5.34. The third kappa shape index (κ3) is 3.63. The molecule has 6 nitrogen and oxygen atoms in total. The molecule has 0 amide bonds. The van der Waals surface area contributed by atoms with Crippen LogP contribution in [0.3, 0.4) is 0 Å². The molecule has 1 aliphatic rings. The molecule has 2 aromatic carbocycles. The zero-order valence-corrected chi connectivity index (χ0v) is 16.7. The highest BCUT2D eigenvalue weighted by atomic mass is 32.2. The third-order valence-corrected chi connectivity index (χ3v) is 6.14. The van der Waals surface area contributed by atoms with Gasteiger partial charge in [-0.2, -0.15) is 0 Å². The Morgan fingerprint density at radius 3 is 2.62 bits per heavy atom. The first kappa shape index (κ1) is 19.5. The molecule has 0 aliphatic heterocycles. The molecule has 0 spiro atoms. The first-order valence-corrected chi connectivity index (χ1v) is 10.6. The van der Waals surface area contributed by atoms with Gasteiger partial charge in [-0.3, -0.25) is 0 Å². The van der Waals surface area contributed by atoms with Crippen molar-refractivity contribution in [2.45, 2.75) is 36.9 Å². The maximum atomic E-state index is 12.0. The van der Waals surface area contributed by atoms with Crippen molar-refractivity contribution in [2.75, 3.05) is 6.26 Å². The van der Waals surface area contributed by atoms with Crippen molar-refractivity contribution < 1.29 is 24.5 Å². The van der Waals surface area contributed by atoms with Crippen LogP contribution >= 0.6 is 11.8 Å². The highest BCUT2D eigenvalue weighted by molar-refractivity contribution is 7.98. The van der Waals surface area contributed by atoms with E-state index in [9.17, 15) is 19.8 Å². The maximum Gasteiger partial charge on any atom is 0.337 e. The first-order chi connectivity index (χ1) is 14.0. The monoisotopic (exact) mass is 411 g/mol. The van der Waals surface area contributed by atoms with Gasteiger partial charge in [0.1, 0.15) is 0 Å². The molecule has 150 valence electrons. The zero-order valence-electron chi connectivity index (χ0n) is 15.9. The van der Waals surface area contributed by atoms with Crippen LogP contribution in [0.15, 0.2) is 41.3 Å². The van der Waals surface area contributed by atoms with E-state index in [-0.39, 0.29) is 17.2 Å². The smallest absolute Gasteiger partial charge is 0.337 e. The summed E-state index contributed by atoms with van der Waals surface area (Å²) in [6.45, 7) is 0.491. The molecule has 0 saturated heterocycles. The number of aromatic amines is 1. The van der Waals surface area contributed by atoms with E-state index in [2.05, 4.69) is 4.98 Å². The van der Waals surface area contributed by atoms with E-state index in [4.69, 9.17) is 4.74 Å². The average molecular weight is 411 g/mol. The number of hydrogen-bond acceptors (Lipinski definition) is 4. The second-order valence-electron chi connectivity index (χ2n) is 7.11. The molecular formula is C22H21NO5S. The molecule has 1 aliphatic carbocycles. The van der Waals surface area contributed by atoms with Gasteiger partial charge in [-0.1, -0.05) is 30.3 Å². The van der Waals surface area contributed by atoms with Crippen LogP contribution < -0.4 is 0 Å². The summed E-state index contributed by atoms with van der Waals surface area (Å²) in [4.78, 5) is 27.8. The fraction of sp³-hybridized carbons (Fsp3) is 0.273. The van der Waals surface area contributed by atoms with Crippen molar-refractivity contribution in [1.29, 1.82) is 0 Å². The quantitative estimate of drug-likeness (QED) is 0.521. The van der Waals surface area contributed by atoms with E-state index in [1.165, 1.54) is 17.8 Å². The Bertz CT molecular complexity index is 1090. The summed E-state index contributed by atoms with van der Waals surface area (Å²) >= 11 is 1.40. The molecule has 3 aromatic rings. The number of rotatable bonds is 6. The summed E-state index contributed by atoms with van der Waals surface area (Å²) < 4.78 is 6.10. The lowest BCUT2D eigenvalue weighted by Gasteiger charge is -2.23. The van der Waals surface area contributed by atoms with Gasteiger partial charge in [0.2, 0.25) is 0 Å². The number of benzene rings is 2. The number of carbonyl (C=O) groups is 2. The SMILES string of the molecule is CSc1cc(C(=O)O)c(C(=O)O)c2c3c([nH]c12)CCC(OCc1ccccc1)C3. The number of fused-ring (bicyclic) bond motifs is 3. The summed E-state index contributed by atoms with van der Waals surface area (Å²) in [6, 6.07) is 11.4. The fourth-order valence-electron chi connectivity index (χ4n) is 4.02. The number of H-pyrrole nitrogens is 1. The second-order valence-corrected chi connectivity index (χ2v) is 7.95. The molecule has 0 radical (unpaired) electrons. The Morgan fingerprint density at radius 2 is 1.97 bits per heavy atom. The topological polar surface area (TPSA) is 99.6 Å². The maximum absolute atomic E-state index is 12.0. The van der Waals surface area contributed by atoms with Crippen LogP contribution in [0.1, 0.15) is 44.0 Å². The minimum atomic E-state index is -1.23. The molecule has 0 saturated carbocycles. The van der Waals surface area contributed by atoms with Crippen LogP contribution in [-0.2, 0) is 24.2 Å². The van der Waals surface area contributed by atoms with E-state index < -0.39 is 11.9 Å². The fourth-order valence-corrected chi connectivity index (χ4v) is 4.61. The lowest BCUT2D eigenvalue weighted by Crippen LogP contribution is -2.22. The summed E-state index contributed by atoms with van der Waals surface area (Å²) in [6.07, 6.45) is 3.93. The molecule has 7 heteroatoms. The minimum Gasteiger partial charge on any atom is -0.478 e. The van der Waals surface area contributed by atoms with Crippen LogP contribution in [0.25, 0.3) is 10.9 Å². The van der Waals surface area contributed by atoms with Gasteiger partial charge in [-0.05, 0) is 36.3 Å². The molecule has 4 rings (SSSR count). The summed E-state index contributed by atoms with van der Waals surface area (Å²) in [5.74, 6) is -2.46. The largest absolute Gasteiger partial charge is 0.478 e. The highest BCUT2D eigenvalue weighted by Gasteiger charge is 2.30. The number of aryl methyl sites for hydroxylation is 1. The minimum absolute atomic E-state index is 0.0467. The van der Waals surface area contributed by atoms with Gasteiger partial charge in [0.15, 0.2) is 0 Å². The van der Waals surface area contributed by atoms with Crippen molar-refractivity contribution >= 4 is 34.6 Å². The molecule has 29 heavy (non-hydrogen) atoms. The lowest BCUT2D eigenvalue weighted by molar-refractivity contribution is 0.0319. The van der Waals surface area contributed by atoms with Gasteiger partial charge < -0.3 is 19.9 Å². The summed E-state index contributed by atoms with van der Waals surface area (Å²) in [7, 11) is 0. The number of aromatic carboxylic acids is 2. The lowest BCUT2D eigenvalue weighted by atomic mass is 9.90. The Hall–Kier alpha value is -2.77. The van der Waals surface area contributed by atoms with Crippen LogP contribution in [0.2, 0.25) is 0 Å². The average Bonchev–Trinajstić information content (AvgIpc) is 3.10. The molecule has 1 unspecified atom stereocenters. The van der Waals surface area contributed by atoms with Gasteiger partial charge in [0.05, 0.1) is 29.4 Å². The van der Waals surface area contributed by atoms with Gasteiger partial charge in [-0.25, -0.2) is 9.59 Å². The van der Waals surface area contributed by atoms with E-state index in [0.29, 0.717) is 23.9 Å². The van der Waals surface area contributed by atoms with E-state index >= 15 is 0 Å². The number of thioether (sulfide) groups is 1. The number of nitrogens with one attached hydrogen (secondary N) is 1. The van der Waals surface area contributed by atoms with E-state index in [0.717, 1.165) is 34.6 Å². The molecule has 1 heterocycles. The third-order valence-electron chi connectivity index (χ3n) is 5.37. The van der Waals surface area contributed by atoms with Crippen LogP contribution in [0.4, 0.5) is 0 Å². The standard InChI is InChI=1S/C22H21NO5S/c1-29-17-10-15(21(24)25)19(22(26)27)18-14-9-13(7-8-16(14)23-20(17)18)28-11-12-5-3-2-4-6-12/h2-6,10,13,23H,7-9,11H2,1H3,(H,24,25)(H,26,27). The predicted octanol–water partition coefficient (Wildman–Crippen LogP) is 4.36. The van der Waals surface area contributed by atoms with Crippen molar-refractivity contribution in [1.82, 2.24) is 4.98 Å². The van der Waals surface area contributed by atoms with Crippen LogP contribution in [0, 0.1) is 0 Å². The van der Waals surface area contributed by atoms with E-state index in [1.807, 2.05) is 36.6 Å². The summed E-state index contributed by atoms with van der Waals surface area (Å²) in [5.41, 5.74) is 3.30. The second kappa shape index (κ2) is 7.93. The number of carboxylic acid groups (broad SMARTS) is 2. The number of ether oxygens (including phenoxy) is 1. The van der Waals surface area contributed by atoms with Gasteiger partial charge in [-0.15, -0.1) is 11.8 Å². The van der Waals surface area contributed by atoms with Crippen molar-refractivity contribution in [2.24, 2.45) is 0 Å². The summed E-state index contributed by atoms with van der Waals surface area (Å²) in [5, 5.41) is 19.9. The highest BCUT2D eigenvalue weighted by Crippen LogP contribution is 2.38. The Labute approximate surface area is 171 Å². The molecular weight excluding hydrogens is 390 g/mol. The Morgan fingerprint density at radius 1 is 1.21 bits per heavy atom. The van der Waals surface area contributed by atoms with Crippen molar-refractivity contribution in [3.05, 3.63) is 64.3 Å². The van der Waals surface area contributed by atoms with Crippen molar-refractivity contribution in [3.63, 3.8) is 0 Å². The Balaban J connectivity index is 1.75. The molecule has 1 atom stereocenters. The molecule has 0 fully saturated rings. The number of aromatic nitrogens is 1. The molecule has 3 N–H and O–H groups in total. The van der Waals surface area contributed by atoms with Crippen LogP contribution in [0.5, 0.6) is 0 Å².